The van der Waals surface area contributed by atoms with Crippen LogP contribution >= 0.6 is 0 Å². The molecule has 0 fully saturated rings. The van der Waals surface area contributed by atoms with E-state index in [1.807, 2.05) is 6.92 Å². The van der Waals surface area contributed by atoms with Crippen LogP contribution < -0.4 is 10.3 Å². The summed E-state index contributed by atoms with van der Waals surface area (Å²) in [5.41, 5.74) is 4.33. The van der Waals surface area contributed by atoms with E-state index in [-0.39, 0.29) is 0 Å². The lowest BCUT2D eigenvalue weighted by Gasteiger charge is -2.10. The number of aldehydes is 1. The minimum absolute atomic E-state index is 0.368. The highest BCUT2D eigenvalue weighted by Crippen LogP contribution is 2.26. The van der Waals surface area contributed by atoms with Crippen molar-refractivity contribution in [1.29, 1.82) is 0 Å². The molecule has 2 aromatic heterocycles. The molecular weight excluding hydrogens is 232 g/mol. The molecule has 0 unspecified atom stereocenters. The predicted octanol–water partition coefficient (Wildman–Crippen LogP) is 1.68. The molecule has 2 aromatic rings. The van der Waals surface area contributed by atoms with E-state index in [4.69, 9.17) is 4.84 Å². The molecule has 6 nitrogen and oxygen atoms in total. The Bertz CT molecular complexity index is 603. The molecule has 0 spiro atoms. The van der Waals surface area contributed by atoms with Crippen molar-refractivity contribution < 1.29 is 9.63 Å². The average Bonchev–Trinajstić information content (AvgIpc) is 2.78. The van der Waals surface area contributed by atoms with Crippen molar-refractivity contribution in [2.45, 2.75) is 20.4 Å². The Morgan fingerprint density at radius 1 is 1.61 bits per heavy atom. The lowest BCUT2D eigenvalue weighted by molar-refractivity contribution is 0.111. The number of hydrogen-bond donors (Lipinski definition) is 1. The van der Waals surface area contributed by atoms with E-state index in [0.717, 1.165) is 0 Å². The maximum absolute atomic E-state index is 11.0. The second-order valence-corrected chi connectivity index (χ2v) is 3.84. The van der Waals surface area contributed by atoms with Gasteiger partial charge in [0.2, 0.25) is 0 Å². The average molecular weight is 246 g/mol. The number of hydrogen-bond acceptors (Lipinski definition) is 5. The van der Waals surface area contributed by atoms with E-state index in [1.54, 1.807) is 17.8 Å². The summed E-state index contributed by atoms with van der Waals surface area (Å²) in [6.45, 7) is 8.09. The molecule has 0 aromatic carbocycles. The maximum atomic E-state index is 11.0. The molecule has 94 valence electrons. The normalized spacial score (nSPS) is 10.3. The number of pyridine rings is 1. The number of fused-ring (bicyclic) bond motifs is 1. The molecule has 2 heterocycles. The summed E-state index contributed by atoms with van der Waals surface area (Å²) in [5.74, 6) is 0.415. The number of allylic oxidation sites excluding steroid dienone is 1. The van der Waals surface area contributed by atoms with Gasteiger partial charge in [-0.3, -0.25) is 4.79 Å². The zero-order valence-corrected chi connectivity index (χ0v) is 10.3. The van der Waals surface area contributed by atoms with Crippen LogP contribution in [0.3, 0.4) is 0 Å². The van der Waals surface area contributed by atoms with Gasteiger partial charge in [-0.1, -0.05) is 6.58 Å². The number of carbonyl (C=O) groups is 1. The highest BCUT2D eigenvalue weighted by atomic mass is 16.6. The number of carbonyl (C=O) groups excluding carboxylic acids is 1. The van der Waals surface area contributed by atoms with Gasteiger partial charge in [-0.15, -0.1) is 0 Å². The van der Waals surface area contributed by atoms with Gasteiger partial charge in [-0.05, 0) is 13.8 Å². The number of nitrogens with one attached hydrogen (secondary N) is 1. The van der Waals surface area contributed by atoms with Crippen molar-refractivity contribution in [3.05, 3.63) is 30.2 Å². The van der Waals surface area contributed by atoms with E-state index in [2.05, 4.69) is 22.1 Å². The first-order valence-electron chi connectivity index (χ1n) is 5.55. The van der Waals surface area contributed by atoms with E-state index in [0.29, 0.717) is 40.9 Å². The van der Waals surface area contributed by atoms with Crippen molar-refractivity contribution >= 4 is 17.3 Å². The molecule has 0 aliphatic carbocycles. The standard InChI is InChI=1S/C12H14N4O2/c1-4-16-12-10(6-14-16)11(18-15-8(2)3)9(7-17)5-13-12/h5-7,15H,2,4H2,1,3H3. The first kappa shape index (κ1) is 12.1. The van der Waals surface area contributed by atoms with Crippen LogP contribution in [0.25, 0.3) is 11.0 Å². The van der Waals surface area contributed by atoms with Gasteiger partial charge in [0.15, 0.2) is 17.7 Å². The van der Waals surface area contributed by atoms with E-state index >= 15 is 0 Å². The molecule has 0 atom stereocenters. The molecule has 0 radical (unpaired) electrons. The molecule has 0 amide bonds. The number of rotatable bonds is 5. The second-order valence-electron chi connectivity index (χ2n) is 3.84. The third-order valence-electron chi connectivity index (χ3n) is 2.40. The van der Waals surface area contributed by atoms with Crippen molar-refractivity contribution in [3.63, 3.8) is 0 Å². The first-order chi connectivity index (χ1) is 8.67. The SMILES string of the molecule is C=C(C)NOc1c(C=O)cnc2c1cnn2CC. The zero-order chi connectivity index (χ0) is 13.1. The molecule has 2 rings (SSSR count). The van der Waals surface area contributed by atoms with Crippen LogP contribution in [0, 0.1) is 0 Å². The lowest BCUT2D eigenvalue weighted by atomic mass is 10.2. The highest BCUT2D eigenvalue weighted by Gasteiger charge is 2.14. The molecule has 0 aliphatic rings. The third-order valence-corrected chi connectivity index (χ3v) is 2.40. The van der Waals surface area contributed by atoms with Crippen molar-refractivity contribution in [2.24, 2.45) is 0 Å². The molecular formula is C12H14N4O2. The van der Waals surface area contributed by atoms with Gasteiger partial charge in [0.25, 0.3) is 0 Å². The molecule has 1 N–H and O–H groups in total. The summed E-state index contributed by atoms with van der Waals surface area (Å²) in [6, 6.07) is 0. The fraction of sp³-hybridized carbons (Fsp3) is 0.250. The third kappa shape index (κ3) is 2.04. The first-order valence-corrected chi connectivity index (χ1v) is 5.55. The van der Waals surface area contributed by atoms with Crippen LogP contribution in [0.4, 0.5) is 0 Å². The van der Waals surface area contributed by atoms with Gasteiger partial charge in [0.1, 0.15) is 0 Å². The summed E-state index contributed by atoms with van der Waals surface area (Å²) in [7, 11) is 0. The fourth-order valence-electron chi connectivity index (χ4n) is 1.59. The van der Waals surface area contributed by atoms with Crippen LogP contribution in [0.5, 0.6) is 5.75 Å². The van der Waals surface area contributed by atoms with Crippen molar-refractivity contribution in [1.82, 2.24) is 20.2 Å². The number of hydroxylamine groups is 1. The molecule has 0 saturated carbocycles. The van der Waals surface area contributed by atoms with Crippen LogP contribution in [-0.2, 0) is 6.54 Å². The summed E-state index contributed by atoms with van der Waals surface area (Å²) >= 11 is 0. The Hall–Kier alpha value is -2.37. The number of aromatic nitrogens is 3. The van der Waals surface area contributed by atoms with Gasteiger partial charge < -0.3 is 4.84 Å². The second kappa shape index (κ2) is 4.87. The molecule has 18 heavy (non-hydrogen) atoms. The van der Waals surface area contributed by atoms with Crippen LogP contribution in [-0.4, -0.2) is 21.1 Å². The Labute approximate surface area is 104 Å². The number of nitrogens with zero attached hydrogens (tertiary/aromatic N) is 3. The number of aryl methyl sites for hydroxylation is 1. The van der Waals surface area contributed by atoms with Crippen LogP contribution in [0.15, 0.2) is 24.7 Å². The monoisotopic (exact) mass is 246 g/mol. The van der Waals surface area contributed by atoms with Gasteiger partial charge in [0.05, 0.1) is 17.1 Å². The van der Waals surface area contributed by atoms with Crippen molar-refractivity contribution in [3.8, 4) is 5.75 Å². The Kier molecular flexibility index (Phi) is 3.27. The van der Waals surface area contributed by atoms with E-state index in [1.165, 1.54) is 6.20 Å². The van der Waals surface area contributed by atoms with Gasteiger partial charge in [0, 0.05) is 18.4 Å². The maximum Gasteiger partial charge on any atom is 0.179 e. The summed E-state index contributed by atoms with van der Waals surface area (Å²) in [5, 5.41) is 4.87. The zero-order valence-electron chi connectivity index (χ0n) is 10.3. The largest absolute Gasteiger partial charge is 0.381 e. The Morgan fingerprint density at radius 2 is 2.39 bits per heavy atom. The van der Waals surface area contributed by atoms with Crippen molar-refractivity contribution in [2.75, 3.05) is 0 Å². The molecule has 0 saturated heterocycles. The fourth-order valence-corrected chi connectivity index (χ4v) is 1.59. The summed E-state index contributed by atoms with van der Waals surface area (Å²) < 4.78 is 1.73. The molecule has 0 aliphatic heterocycles. The lowest BCUT2D eigenvalue weighted by Crippen LogP contribution is -2.16. The Morgan fingerprint density at radius 3 is 3.00 bits per heavy atom. The van der Waals surface area contributed by atoms with Gasteiger partial charge >= 0.3 is 0 Å². The summed E-state index contributed by atoms with van der Waals surface area (Å²) in [4.78, 5) is 20.6. The molecule has 6 heteroatoms. The predicted molar refractivity (Wildman–Crippen MR) is 67.2 cm³/mol. The topological polar surface area (TPSA) is 69.0 Å². The smallest absolute Gasteiger partial charge is 0.179 e. The minimum atomic E-state index is 0.368. The highest BCUT2D eigenvalue weighted by molar-refractivity contribution is 5.91. The van der Waals surface area contributed by atoms with Gasteiger partial charge in [-0.25, -0.2) is 15.1 Å². The van der Waals surface area contributed by atoms with E-state index in [9.17, 15) is 4.79 Å². The molecule has 0 bridgehead atoms. The van der Waals surface area contributed by atoms with E-state index < -0.39 is 0 Å². The summed E-state index contributed by atoms with van der Waals surface area (Å²) in [6.07, 6.45) is 3.80. The van der Waals surface area contributed by atoms with Crippen LogP contribution in [0.1, 0.15) is 24.2 Å². The van der Waals surface area contributed by atoms with Crippen LogP contribution in [0.2, 0.25) is 0 Å². The quantitative estimate of drug-likeness (QED) is 0.642. The van der Waals surface area contributed by atoms with Gasteiger partial charge in [-0.2, -0.15) is 5.10 Å². The Balaban J connectivity index is 2.54. The minimum Gasteiger partial charge on any atom is -0.381 e.